The molecule has 2 amide bonds. The smallest absolute Gasteiger partial charge is 0.322 e. The predicted octanol–water partition coefficient (Wildman–Crippen LogP) is 0.584. The number of carbonyl (C=O) groups excluding carboxylic acids is 2. The summed E-state index contributed by atoms with van der Waals surface area (Å²) in [6.45, 7) is -0.637. The number of pyridine rings is 1. The lowest BCUT2D eigenvalue weighted by atomic mass is 9.99. The van der Waals surface area contributed by atoms with Gasteiger partial charge in [0.25, 0.3) is 11.5 Å². The second kappa shape index (κ2) is 7.96. The van der Waals surface area contributed by atoms with E-state index in [0.717, 1.165) is 0 Å². The molecular weight excluding hydrogens is 402 g/mol. The van der Waals surface area contributed by atoms with E-state index in [1.54, 1.807) is 31.3 Å². The molecule has 0 bridgehead atoms. The van der Waals surface area contributed by atoms with Gasteiger partial charge in [-0.25, -0.2) is 0 Å². The molecule has 0 fully saturated rings. The summed E-state index contributed by atoms with van der Waals surface area (Å²) in [7, 11) is 1.57. The average Bonchev–Trinajstić information content (AvgIpc) is 2.66. The second-order valence-corrected chi connectivity index (χ2v) is 7.04. The van der Waals surface area contributed by atoms with Crippen molar-refractivity contribution >= 4 is 29.4 Å². The van der Waals surface area contributed by atoms with Crippen LogP contribution >= 0.6 is 11.6 Å². The number of halogens is 1. The molecule has 0 aliphatic carbocycles. The highest BCUT2D eigenvalue weighted by atomic mass is 35.5. The molecule has 1 aromatic heterocycles. The molecule has 0 atom stereocenters. The zero-order valence-corrected chi connectivity index (χ0v) is 16.2. The van der Waals surface area contributed by atoms with E-state index in [0.29, 0.717) is 16.3 Å². The first kappa shape index (κ1) is 20.4. The highest BCUT2D eigenvalue weighted by molar-refractivity contribution is 6.31. The van der Waals surface area contributed by atoms with Gasteiger partial charge in [-0.2, -0.15) is 0 Å². The Morgan fingerprint density at radius 1 is 1.24 bits per heavy atom. The SMILES string of the molecule is CN1Cc2c(c(O)c(C(=O)NCC(=O)O)c(=O)n2Cc2ccccc2Cl)CC1=O. The maximum absolute atomic E-state index is 13.1. The van der Waals surface area contributed by atoms with E-state index in [2.05, 4.69) is 5.32 Å². The molecule has 0 spiro atoms. The normalized spacial score (nSPS) is 13.2. The van der Waals surface area contributed by atoms with Gasteiger partial charge in [0, 0.05) is 23.3 Å². The Kier molecular flexibility index (Phi) is 5.60. The number of aromatic nitrogens is 1. The van der Waals surface area contributed by atoms with E-state index < -0.39 is 35.3 Å². The van der Waals surface area contributed by atoms with Crippen LogP contribution in [0.4, 0.5) is 0 Å². The average molecular weight is 420 g/mol. The molecule has 1 aromatic carbocycles. The van der Waals surface area contributed by atoms with Gasteiger partial charge in [0.15, 0.2) is 0 Å². The molecular formula is C19H18ClN3O6. The Morgan fingerprint density at radius 2 is 1.93 bits per heavy atom. The second-order valence-electron chi connectivity index (χ2n) is 6.63. The van der Waals surface area contributed by atoms with E-state index in [1.807, 2.05) is 0 Å². The van der Waals surface area contributed by atoms with Crippen molar-refractivity contribution in [3.8, 4) is 5.75 Å². The van der Waals surface area contributed by atoms with Crippen LogP contribution in [0, 0.1) is 0 Å². The first-order chi connectivity index (χ1) is 13.7. The van der Waals surface area contributed by atoms with Crippen molar-refractivity contribution in [3.05, 3.63) is 62.0 Å². The fraction of sp³-hybridized carbons (Fsp3) is 0.263. The lowest BCUT2D eigenvalue weighted by Crippen LogP contribution is -2.42. The number of carboxylic acid groups (broad SMARTS) is 1. The number of carbonyl (C=O) groups is 3. The number of carboxylic acids is 1. The van der Waals surface area contributed by atoms with E-state index in [9.17, 15) is 24.3 Å². The summed E-state index contributed by atoms with van der Waals surface area (Å²) in [5.74, 6) is -3.22. The molecule has 3 rings (SSSR count). The number of likely N-dealkylation sites (N-methyl/N-ethyl adjacent to an activating group) is 1. The zero-order valence-electron chi connectivity index (χ0n) is 15.4. The Morgan fingerprint density at radius 3 is 2.59 bits per heavy atom. The minimum Gasteiger partial charge on any atom is -0.507 e. The summed E-state index contributed by atoms with van der Waals surface area (Å²) in [5, 5.41) is 21.8. The topological polar surface area (TPSA) is 129 Å². The van der Waals surface area contributed by atoms with Gasteiger partial charge in [0.05, 0.1) is 19.5 Å². The molecule has 152 valence electrons. The van der Waals surface area contributed by atoms with Gasteiger partial charge >= 0.3 is 5.97 Å². The van der Waals surface area contributed by atoms with Gasteiger partial charge in [-0.15, -0.1) is 0 Å². The van der Waals surface area contributed by atoms with Crippen molar-refractivity contribution in [2.75, 3.05) is 13.6 Å². The highest BCUT2D eigenvalue weighted by Gasteiger charge is 2.31. The Labute approximate surface area is 170 Å². The van der Waals surface area contributed by atoms with Crippen LogP contribution in [0.5, 0.6) is 5.75 Å². The number of amides is 2. The van der Waals surface area contributed by atoms with Crippen LogP contribution in [-0.4, -0.2) is 51.1 Å². The number of rotatable bonds is 5. The molecule has 0 radical (unpaired) electrons. The maximum atomic E-state index is 13.1. The van der Waals surface area contributed by atoms with E-state index in [4.69, 9.17) is 16.7 Å². The minimum absolute atomic E-state index is 0.0162. The molecule has 3 N–H and O–H groups in total. The van der Waals surface area contributed by atoms with Gasteiger partial charge in [-0.3, -0.25) is 19.2 Å². The first-order valence-electron chi connectivity index (χ1n) is 8.65. The van der Waals surface area contributed by atoms with Crippen molar-refractivity contribution in [2.24, 2.45) is 0 Å². The van der Waals surface area contributed by atoms with Crippen LogP contribution in [-0.2, 0) is 29.1 Å². The van der Waals surface area contributed by atoms with Crippen molar-refractivity contribution in [1.82, 2.24) is 14.8 Å². The first-order valence-corrected chi connectivity index (χ1v) is 9.03. The summed E-state index contributed by atoms with van der Waals surface area (Å²) in [6, 6.07) is 6.86. The van der Waals surface area contributed by atoms with Crippen LogP contribution in [0.25, 0.3) is 0 Å². The Bertz CT molecular complexity index is 1080. The molecule has 2 aromatic rings. The van der Waals surface area contributed by atoms with Crippen LogP contribution < -0.4 is 10.9 Å². The summed E-state index contributed by atoms with van der Waals surface area (Å²) in [6.07, 6.45) is -0.195. The van der Waals surface area contributed by atoms with Gasteiger partial charge in [0.2, 0.25) is 5.91 Å². The third kappa shape index (κ3) is 3.95. The standard InChI is InChI=1S/C19H18ClN3O6/c1-22-9-13-11(6-14(22)24)17(27)16(18(28)21-7-15(25)26)19(29)23(13)8-10-4-2-3-5-12(10)20/h2-5,27H,6-9H2,1H3,(H,21,28)(H,25,26). The number of aromatic hydroxyl groups is 1. The number of hydrogen-bond acceptors (Lipinski definition) is 5. The van der Waals surface area contributed by atoms with Crippen molar-refractivity contribution < 1.29 is 24.6 Å². The Balaban J connectivity index is 2.19. The monoisotopic (exact) mass is 419 g/mol. The van der Waals surface area contributed by atoms with Crippen LogP contribution in [0.3, 0.4) is 0 Å². The summed E-state index contributed by atoms with van der Waals surface area (Å²) in [5.41, 5.74) is -0.230. The summed E-state index contributed by atoms with van der Waals surface area (Å²) >= 11 is 6.21. The third-order valence-corrected chi connectivity index (χ3v) is 5.08. The minimum atomic E-state index is -1.30. The largest absolute Gasteiger partial charge is 0.507 e. The maximum Gasteiger partial charge on any atom is 0.322 e. The lowest BCUT2D eigenvalue weighted by Gasteiger charge is -2.29. The number of benzene rings is 1. The number of aliphatic carboxylic acids is 1. The number of fused-ring (bicyclic) bond motifs is 1. The molecule has 1 aliphatic heterocycles. The number of hydrogen-bond donors (Lipinski definition) is 3. The van der Waals surface area contributed by atoms with Crippen molar-refractivity contribution in [2.45, 2.75) is 19.5 Å². The quantitative estimate of drug-likeness (QED) is 0.650. The summed E-state index contributed by atoms with van der Waals surface area (Å²) < 4.78 is 1.29. The molecule has 0 saturated carbocycles. The molecule has 0 saturated heterocycles. The predicted molar refractivity (Wildman–Crippen MR) is 103 cm³/mol. The molecule has 29 heavy (non-hydrogen) atoms. The van der Waals surface area contributed by atoms with E-state index in [1.165, 1.54) is 9.47 Å². The third-order valence-electron chi connectivity index (χ3n) is 4.71. The van der Waals surface area contributed by atoms with E-state index >= 15 is 0 Å². The number of nitrogens with zero attached hydrogens (tertiary/aromatic N) is 2. The van der Waals surface area contributed by atoms with Gasteiger partial charge in [0.1, 0.15) is 17.9 Å². The lowest BCUT2D eigenvalue weighted by molar-refractivity contribution is -0.135. The highest BCUT2D eigenvalue weighted by Crippen LogP contribution is 2.29. The zero-order chi connectivity index (χ0) is 21.3. The van der Waals surface area contributed by atoms with E-state index in [-0.39, 0.29) is 31.0 Å². The molecule has 9 nitrogen and oxygen atoms in total. The Hall–Kier alpha value is -3.33. The van der Waals surface area contributed by atoms with Crippen LogP contribution in [0.2, 0.25) is 5.02 Å². The molecule has 0 unspecified atom stereocenters. The molecule has 10 heteroatoms. The summed E-state index contributed by atoms with van der Waals surface area (Å²) in [4.78, 5) is 49.8. The molecule has 2 heterocycles. The van der Waals surface area contributed by atoms with Gasteiger partial charge in [-0.05, 0) is 11.6 Å². The van der Waals surface area contributed by atoms with Crippen LogP contribution in [0.1, 0.15) is 27.2 Å². The van der Waals surface area contributed by atoms with Gasteiger partial charge < -0.3 is 25.0 Å². The fourth-order valence-corrected chi connectivity index (χ4v) is 3.38. The van der Waals surface area contributed by atoms with Gasteiger partial charge in [-0.1, -0.05) is 29.8 Å². The fourth-order valence-electron chi connectivity index (χ4n) is 3.19. The van der Waals surface area contributed by atoms with Crippen molar-refractivity contribution in [1.29, 1.82) is 0 Å². The molecule has 1 aliphatic rings. The number of nitrogens with one attached hydrogen (secondary N) is 1. The van der Waals surface area contributed by atoms with Crippen LogP contribution in [0.15, 0.2) is 29.1 Å². The van der Waals surface area contributed by atoms with Crippen molar-refractivity contribution in [3.63, 3.8) is 0 Å².